The second-order valence-corrected chi connectivity index (χ2v) is 5.87. The predicted octanol–water partition coefficient (Wildman–Crippen LogP) is 6.14. The Morgan fingerprint density at radius 3 is 2.27 bits per heavy atom. The Hall–Kier alpha value is -1.13. The molecule has 2 aromatic rings. The summed E-state index contributed by atoms with van der Waals surface area (Å²) in [4.78, 5) is 0. The second kappa shape index (κ2) is 7.93. The average Bonchev–Trinajstić information content (AvgIpc) is 2.47. The SMILES string of the molecule is CCOc1c(Cl)cc(C=NNc2ccc(Cl)c(Cl)c2)cc1Cl. The Kier molecular flexibility index (Phi) is 6.21. The molecule has 0 aliphatic carbocycles. The highest BCUT2D eigenvalue weighted by Gasteiger charge is 2.08. The van der Waals surface area contributed by atoms with E-state index in [1.807, 2.05) is 6.92 Å². The van der Waals surface area contributed by atoms with Gasteiger partial charge in [-0.2, -0.15) is 5.10 Å². The van der Waals surface area contributed by atoms with Crippen LogP contribution in [0.25, 0.3) is 0 Å². The second-order valence-electron chi connectivity index (χ2n) is 4.25. The Bertz CT molecular complexity index is 681. The molecule has 2 aromatic carbocycles. The van der Waals surface area contributed by atoms with Crippen LogP contribution < -0.4 is 10.2 Å². The lowest BCUT2D eigenvalue weighted by Crippen LogP contribution is -1.95. The number of benzene rings is 2. The first kappa shape index (κ1) is 17.2. The van der Waals surface area contributed by atoms with Crippen molar-refractivity contribution in [3.63, 3.8) is 0 Å². The molecule has 1 N–H and O–H groups in total. The highest BCUT2D eigenvalue weighted by Crippen LogP contribution is 2.33. The smallest absolute Gasteiger partial charge is 0.156 e. The lowest BCUT2D eigenvalue weighted by atomic mass is 10.2. The van der Waals surface area contributed by atoms with Gasteiger partial charge >= 0.3 is 0 Å². The number of halogens is 4. The highest BCUT2D eigenvalue weighted by molar-refractivity contribution is 6.42. The third-order valence-corrected chi connectivity index (χ3v) is 3.94. The third kappa shape index (κ3) is 4.43. The standard InChI is InChI=1S/C15H12Cl4N2O/c1-2-22-15-13(18)5-9(6-14(15)19)8-20-21-10-3-4-11(16)12(17)7-10/h3-8,21H,2H2,1H3. The van der Waals surface area contributed by atoms with E-state index in [-0.39, 0.29) is 0 Å². The summed E-state index contributed by atoms with van der Waals surface area (Å²) >= 11 is 24.0. The van der Waals surface area contributed by atoms with E-state index >= 15 is 0 Å². The Morgan fingerprint density at radius 2 is 1.68 bits per heavy atom. The number of anilines is 1. The summed E-state index contributed by atoms with van der Waals surface area (Å²) in [5, 5.41) is 5.92. The first-order valence-electron chi connectivity index (χ1n) is 6.37. The van der Waals surface area contributed by atoms with Crippen LogP contribution in [0.1, 0.15) is 12.5 Å². The van der Waals surface area contributed by atoms with Crippen molar-refractivity contribution in [2.45, 2.75) is 6.92 Å². The summed E-state index contributed by atoms with van der Waals surface area (Å²) in [6.45, 7) is 2.36. The number of hydrazone groups is 1. The van der Waals surface area contributed by atoms with Gasteiger partial charge in [0.2, 0.25) is 0 Å². The van der Waals surface area contributed by atoms with E-state index < -0.39 is 0 Å². The maximum Gasteiger partial charge on any atom is 0.156 e. The van der Waals surface area contributed by atoms with Crippen molar-refractivity contribution >= 4 is 58.3 Å². The molecule has 0 radical (unpaired) electrons. The van der Waals surface area contributed by atoms with E-state index in [0.29, 0.717) is 38.1 Å². The Labute approximate surface area is 148 Å². The zero-order valence-electron chi connectivity index (χ0n) is 11.5. The summed E-state index contributed by atoms with van der Waals surface area (Å²) in [6.07, 6.45) is 1.59. The molecule has 0 atom stereocenters. The number of hydrogen-bond donors (Lipinski definition) is 1. The van der Waals surface area contributed by atoms with E-state index in [0.717, 1.165) is 5.56 Å². The van der Waals surface area contributed by atoms with Crippen molar-refractivity contribution < 1.29 is 4.74 Å². The van der Waals surface area contributed by atoms with Gasteiger partial charge in [-0.1, -0.05) is 46.4 Å². The van der Waals surface area contributed by atoms with Crippen molar-refractivity contribution in [3.05, 3.63) is 56.0 Å². The minimum absolute atomic E-state index is 0.435. The van der Waals surface area contributed by atoms with Crippen LogP contribution in [0, 0.1) is 0 Å². The molecule has 0 saturated carbocycles. The predicted molar refractivity (Wildman–Crippen MR) is 95.3 cm³/mol. The number of hydrogen-bond acceptors (Lipinski definition) is 3. The molecule has 0 aromatic heterocycles. The molecule has 0 fully saturated rings. The number of nitrogens with zero attached hydrogens (tertiary/aromatic N) is 1. The molecule has 3 nitrogen and oxygen atoms in total. The van der Waals surface area contributed by atoms with Crippen LogP contribution in [-0.2, 0) is 0 Å². The van der Waals surface area contributed by atoms with Gasteiger partial charge in [0.15, 0.2) is 5.75 Å². The van der Waals surface area contributed by atoms with E-state index in [9.17, 15) is 0 Å². The zero-order chi connectivity index (χ0) is 16.1. The van der Waals surface area contributed by atoms with Crippen LogP contribution in [-0.4, -0.2) is 12.8 Å². The fourth-order valence-corrected chi connectivity index (χ4v) is 2.59. The average molecular weight is 378 g/mol. The van der Waals surface area contributed by atoms with E-state index in [1.165, 1.54) is 0 Å². The number of rotatable bonds is 5. The quantitative estimate of drug-likeness (QED) is 0.501. The Balaban J connectivity index is 2.11. The third-order valence-electron chi connectivity index (χ3n) is 2.64. The van der Waals surface area contributed by atoms with Gasteiger partial charge in [0, 0.05) is 0 Å². The van der Waals surface area contributed by atoms with Gasteiger partial charge in [-0.15, -0.1) is 0 Å². The maximum absolute atomic E-state index is 6.12. The van der Waals surface area contributed by atoms with Crippen LogP contribution >= 0.6 is 46.4 Å². The minimum atomic E-state index is 0.435. The fraction of sp³-hybridized carbons (Fsp3) is 0.133. The van der Waals surface area contributed by atoms with Gasteiger partial charge < -0.3 is 4.74 Å². The first-order chi connectivity index (χ1) is 10.5. The maximum atomic E-state index is 6.12. The number of ether oxygens (including phenoxy) is 1. The molecule has 0 aliphatic heterocycles. The topological polar surface area (TPSA) is 33.6 Å². The normalized spacial score (nSPS) is 11.0. The summed E-state index contributed by atoms with van der Waals surface area (Å²) < 4.78 is 5.37. The molecule has 0 aliphatic rings. The van der Waals surface area contributed by atoms with E-state index in [1.54, 1.807) is 36.5 Å². The van der Waals surface area contributed by atoms with Crippen molar-refractivity contribution in [2.75, 3.05) is 12.0 Å². The van der Waals surface area contributed by atoms with Crippen molar-refractivity contribution in [1.29, 1.82) is 0 Å². The first-order valence-corrected chi connectivity index (χ1v) is 7.88. The summed E-state index contributed by atoms with van der Waals surface area (Å²) in [6, 6.07) is 8.58. The van der Waals surface area contributed by atoms with Gasteiger partial charge in [0.1, 0.15) is 0 Å². The summed E-state index contributed by atoms with van der Waals surface area (Å²) in [7, 11) is 0. The molecule has 0 unspecified atom stereocenters. The lowest BCUT2D eigenvalue weighted by Gasteiger charge is -2.08. The highest BCUT2D eigenvalue weighted by atomic mass is 35.5. The lowest BCUT2D eigenvalue weighted by molar-refractivity contribution is 0.340. The van der Waals surface area contributed by atoms with Crippen LogP contribution in [0.3, 0.4) is 0 Å². The van der Waals surface area contributed by atoms with Crippen LogP contribution in [0.2, 0.25) is 20.1 Å². The largest absolute Gasteiger partial charge is 0.491 e. The van der Waals surface area contributed by atoms with Gasteiger partial charge in [-0.25, -0.2) is 0 Å². The molecule has 2 rings (SSSR count). The molecule has 7 heteroatoms. The molecule has 0 bridgehead atoms. The van der Waals surface area contributed by atoms with Crippen LogP contribution in [0.15, 0.2) is 35.4 Å². The fourth-order valence-electron chi connectivity index (χ4n) is 1.68. The summed E-state index contributed by atoms with van der Waals surface area (Å²) in [5.74, 6) is 0.473. The van der Waals surface area contributed by atoms with Crippen LogP contribution in [0.5, 0.6) is 5.75 Å². The van der Waals surface area contributed by atoms with Crippen molar-refractivity contribution in [3.8, 4) is 5.75 Å². The van der Waals surface area contributed by atoms with E-state index in [4.69, 9.17) is 51.1 Å². The van der Waals surface area contributed by atoms with E-state index in [2.05, 4.69) is 10.5 Å². The molecule has 0 heterocycles. The van der Waals surface area contributed by atoms with Gasteiger partial charge in [0.25, 0.3) is 0 Å². The molecule has 0 spiro atoms. The van der Waals surface area contributed by atoms with Gasteiger partial charge in [-0.05, 0) is 42.8 Å². The zero-order valence-corrected chi connectivity index (χ0v) is 14.6. The van der Waals surface area contributed by atoms with Crippen LogP contribution in [0.4, 0.5) is 5.69 Å². The molecule has 22 heavy (non-hydrogen) atoms. The van der Waals surface area contributed by atoms with Crippen molar-refractivity contribution in [2.24, 2.45) is 5.10 Å². The van der Waals surface area contributed by atoms with Gasteiger partial charge in [0.05, 0.1) is 38.6 Å². The molecular formula is C15H12Cl4N2O. The van der Waals surface area contributed by atoms with Crippen molar-refractivity contribution in [1.82, 2.24) is 0 Å². The minimum Gasteiger partial charge on any atom is -0.491 e. The Morgan fingerprint density at radius 1 is 1.00 bits per heavy atom. The molecule has 0 amide bonds. The number of nitrogens with one attached hydrogen (secondary N) is 1. The molecule has 0 saturated heterocycles. The van der Waals surface area contributed by atoms with Gasteiger partial charge in [-0.3, -0.25) is 5.43 Å². The molecule has 116 valence electrons. The molecular weight excluding hydrogens is 366 g/mol. The monoisotopic (exact) mass is 376 g/mol. The summed E-state index contributed by atoms with van der Waals surface area (Å²) in [5.41, 5.74) is 4.31.